The van der Waals surface area contributed by atoms with Crippen molar-refractivity contribution in [2.24, 2.45) is 5.92 Å². The number of aliphatic hydroxyl groups is 1. The highest BCUT2D eigenvalue weighted by Gasteiger charge is 2.54. The van der Waals surface area contributed by atoms with Gasteiger partial charge in [-0.05, 0) is 24.5 Å². The van der Waals surface area contributed by atoms with E-state index in [1.165, 1.54) is 0 Å². The van der Waals surface area contributed by atoms with Crippen LogP contribution in [0.2, 0.25) is 0 Å². The van der Waals surface area contributed by atoms with Gasteiger partial charge in [-0.1, -0.05) is 31.5 Å². The highest BCUT2D eigenvalue weighted by molar-refractivity contribution is 5.29. The number of benzene rings is 1. The van der Waals surface area contributed by atoms with Gasteiger partial charge in [0.25, 0.3) is 0 Å². The van der Waals surface area contributed by atoms with E-state index < -0.39 is 5.60 Å². The molecule has 1 aliphatic carbocycles. The third kappa shape index (κ3) is 1.65. The average Bonchev–Trinajstić information content (AvgIpc) is 2.83. The molecule has 17 heavy (non-hydrogen) atoms. The first kappa shape index (κ1) is 10.5. The van der Waals surface area contributed by atoms with Crippen molar-refractivity contribution < 1.29 is 5.11 Å². The van der Waals surface area contributed by atoms with Crippen LogP contribution in [0, 0.1) is 5.92 Å². The Hall–Kier alpha value is -1.68. The van der Waals surface area contributed by atoms with Crippen LogP contribution in [0.3, 0.4) is 0 Å². The number of para-hydroxylation sites is 1. The van der Waals surface area contributed by atoms with E-state index in [4.69, 9.17) is 0 Å². The molecule has 3 rings (SSSR count). The Morgan fingerprint density at radius 3 is 2.82 bits per heavy atom. The third-order valence-corrected chi connectivity index (χ3v) is 3.49. The second-order valence-corrected chi connectivity index (χ2v) is 4.59. The standard InChI is InChI=1S/C13H15N3O/c1-2-10-8-13(10,17)12-9-14-16(15-12)11-6-4-3-5-7-11/h3-7,9-10,17H,2,8H2,1H3. The predicted octanol–water partition coefficient (Wildman–Crippen LogP) is 1.88. The maximum absolute atomic E-state index is 10.3. The van der Waals surface area contributed by atoms with Crippen molar-refractivity contribution in [2.45, 2.75) is 25.4 Å². The lowest BCUT2D eigenvalue weighted by Gasteiger charge is -2.04. The smallest absolute Gasteiger partial charge is 0.115 e. The van der Waals surface area contributed by atoms with Gasteiger partial charge in [0.1, 0.15) is 11.3 Å². The summed E-state index contributed by atoms with van der Waals surface area (Å²) in [5.74, 6) is 0.337. The van der Waals surface area contributed by atoms with Crippen molar-refractivity contribution in [3.63, 3.8) is 0 Å². The van der Waals surface area contributed by atoms with Crippen molar-refractivity contribution in [1.82, 2.24) is 15.0 Å². The molecule has 1 aliphatic rings. The molecule has 1 N–H and O–H groups in total. The Labute approximate surface area is 99.9 Å². The van der Waals surface area contributed by atoms with Gasteiger partial charge in [-0.15, -0.1) is 0 Å². The van der Waals surface area contributed by atoms with E-state index in [2.05, 4.69) is 17.1 Å². The van der Waals surface area contributed by atoms with Crippen LogP contribution in [-0.4, -0.2) is 20.1 Å². The predicted molar refractivity (Wildman–Crippen MR) is 63.7 cm³/mol. The van der Waals surface area contributed by atoms with Gasteiger partial charge in [0.15, 0.2) is 0 Å². The first-order valence-electron chi connectivity index (χ1n) is 5.94. The molecule has 0 spiro atoms. The summed E-state index contributed by atoms with van der Waals surface area (Å²) in [6.07, 6.45) is 3.45. The van der Waals surface area contributed by atoms with Crippen LogP contribution in [0.25, 0.3) is 5.69 Å². The maximum atomic E-state index is 10.3. The number of hydrogen-bond acceptors (Lipinski definition) is 3. The summed E-state index contributed by atoms with van der Waals surface area (Å²) in [6, 6.07) is 9.73. The highest BCUT2D eigenvalue weighted by Crippen LogP contribution is 2.52. The van der Waals surface area contributed by atoms with Gasteiger partial charge in [-0.2, -0.15) is 15.0 Å². The Morgan fingerprint density at radius 1 is 1.41 bits per heavy atom. The Bertz CT molecular complexity index is 522. The summed E-state index contributed by atoms with van der Waals surface area (Å²) in [5, 5.41) is 18.9. The Kier molecular flexibility index (Phi) is 2.26. The quantitative estimate of drug-likeness (QED) is 0.874. The minimum absolute atomic E-state index is 0.337. The van der Waals surface area contributed by atoms with Gasteiger partial charge >= 0.3 is 0 Å². The lowest BCUT2D eigenvalue weighted by atomic mass is 10.2. The summed E-state index contributed by atoms with van der Waals surface area (Å²) in [4.78, 5) is 1.57. The normalized spacial score (nSPS) is 27.1. The summed E-state index contributed by atoms with van der Waals surface area (Å²) in [6.45, 7) is 2.09. The van der Waals surface area contributed by atoms with Crippen molar-refractivity contribution in [3.05, 3.63) is 42.2 Å². The molecule has 0 aliphatic heterocycles. The average molecular weight is 229 g/mol. The molecule has 0 amide bonds. The molecule has 2 atom stereocenters. The zero-order valence-corrected chi connectivity index (χ0v) is 9.74. The number of nitrogens with zero attached hydrogens (tertiary/aromatic N) is 3. The van der Waals surface area contributed by atoms with Crippen LogP contribution >= 0.6 is 0 Å². The van der Waals surface area contributed by atoms with E-state index >= 15 is 0 Å². The lowest BCUT2D eigenvalue weighted by molar-refractivity contribution is 0.125. The van der Waals surface area contributed by atoms with Crippen molar-refractivity contribution in [3.8, 4) is 5.69 Å². The SMILES string of the molecule is CCC1CC1(O)c1cnn(-c2ccccc2)n1. The van der Waals surface area contributed by atoms with E-state index in [0.717, 1.165) is 18.5 Å². The number of rotatable bonds is 3. The molecule has 2 aromatic rings. The first-order chi connectivity index (χ1) is 8.24. The Balaban J connectivity index is 1.90. The largest absolute Gasteiger partial charge is 0.383 e. The van der Waals surface area contributed by atoms with Crippen molar-refractivity contribution in [1.29, 1.82) is 0 Å². The lowest BCUT2D eigenvalue weighted by Crippen LogP contribution is -2.10. The fourth-order valence-corrected chi connectivity index (χ4v) is 2.26. The topological polar surface area (TPSA) is 50.9 Å². The van der Waals surface area contributed by atoms with Gasteiger partial charge < -0.3 is 5.11 Å². The zero-order chi connectivity index (χ0) is 11.9. The molecule has 1 saturated carbocycles. The second kappa shape index (κ2) is 3.67. The molecule has 2 unspecified atom stereocenters. The van der Waals surface area contributed by atoms with Gasteiger partial charge in [-0.3, -0.25) is 0 Å². The molecule has 1 aromatic heterocycles. The van der Waals surface area contributed by atoms with E-state index in [-0.39, 0.29) is 0 Å². The van der Waals surface area contributed by atoms with Crippen LogP contribution in [0.4, 0.5) is 0 Å². The highest BCUT2D eigenvalue weighted by atomic mass is 16.3. The minimum atomic E-state index is -0.734. The molecule has 4 heteroatoms. The number of aromatic nitrogens is 3. The van der Waals surface area contributed by atoms with Crippen molar-refractivity contribution in [2.75, 3.05) is 0 Å². The fraction of sp³-hybridized carbons (Fsp3) is 0.385. The Morgan fingerprint density at radius 2 is 2.18 bits per heavy atom. The van der Waals surface area contributed by atoms with Gasteiger partial charge in [0, 0.05) is 0 Å². The molecular formula is C13H15N3O. The van der Waals surface area contributed by atoms with Crippen LogP contribution in [0.1, 0.15) is 25.5 Å². The van der Waals surface area contributed by atoms with Crippen LogP contribution in [0.15, 0.2) is 36.5 Å². The van der Waals surface area contributed by atoms with E-state index in [0.29, 0.717) is 11.6 Å². The zero-order valence-electron chi connectivity index (χ0n) is 9.74. The molecule has 4 nitrogen and oxygen atoms in total. The molecule has 1 fully saturated rings. The summed E-state index contributed by atoms with van der Waals surface area (Å²) in [7, 11) is 0. The molecule has 88 valence electrons. The first-order valence-corrected chi connectivity index (χ1v) is 5.94. The molecular weight excluding hydrogens is 214 g/mol. The fourth-order valence-electron chi connectivity index (χ4n) is 2.26. The molecule has 1 aromatic carbocycles. The number of hydrogen-bond donors (Lipinski definition) is 1. The van der Waals surface area contributed by atoms with Crippen LogP contribution in [-0.2, 0) is 5.60 Å². The van der Waals surface area contributed by atoms with Gasteiger partial charge in [0.2, 0.25) is 0 Å². The second-order valence-electron chi connectivity index (χ2n) is 4.59. The summed E-state index contributed by atoms with van der Waals surface area (Å²) < 4.78 is 0. The van der Waals surface area contributed by atoms with E-state index in [1.807, 2.05) is 30.3 Å². The third-order valence-electron chi connectivity index (χ3n) is 3.49. The van der Waals surface area contributed by atoms with Gasteiger partial charge in [-0.25, -0.2) is 0 Å². The molecule has 0 bridgehead atoms. The maximum Gasteiger partial charge on any atom is 0.115 e. The van der Waals surface area contributed by atoms with E-state index in [9.17, 15) is 5.11 Å². The van der Waals surface area contributed by atoms with Crippen LogP contribution in [0.5, 0.6) is 0 Å². The summed E-state index contributed by atoms with van der Waals surface area (Å²) >= 11 is 0. The van der Waals surface area contributed by atoms with Gasteiger partial charge in [0.05, 0.1) is 11.9 Å². The van der Waals surface area contributed by atoms with Crippen molar-refractivity contribution >= 4 is 0 Å². The minimum Gasteiger partial charge on any atom is -0.383 e. The van der Waals surface area contributed by atoms with E-state index in [1.54, 1.807) is 11.0 Å². The molecule has 0 saturated heterocycles. The monoisotopic (exact) mass is 229 g/mol. The van der Waals surface area contributed by atoms with Crippen LogP contribution < -0.4 is 0 Å². The summed E-state index contributed by atoms with van der Waals surface area (Å²) in [5.41, 5.74) is 0.867. The molecule has 1 heterocycles. The molecule has 0 radical (unpaired) electrons.